The lowest BCUT2D eigenvalue weighted by Crippen LogP contribution is -2.19. The molecule has 32 heavy (non-hydrogen) atoms. The van der Waals surface area contributed by atoms with Crippen LogP contribution in [0.2, 0.25) is 0 Å². The second-order valence-electron chi connectivity index (χ2n) is 8.67. The average Bonchev–Trinajstić information content (AvgIpc) is 3.39. The van der Waals surface area contributed by atoms with Crippen LogP contribution in [0, 0.1) is 5.92 Å². The number of hydrogen-bond donors (Lipinski definition) is 1. The molecule has 1 aliphatic carbocycles. The maximum atomic E-state index is 12.6. The molecule has 2 aromatic heterocycles. The molecule has 1 saturated heterocycles. The summed E-state index contributed by atoms with van der Waals surface area (Å²) in [5.74, 6) is 0.673. The zero-order valence-electron chi connectivity index (χ0n) is 17.7. The third kappa shape index (κ3) is 4.44. The van der Waals surface area contributed by atoms with Gasteiger partial charge in [-0.2, -0.15) is 0 Å². The Kier molecular flexibility index (Phi) is 6.01. The van der Waals surface area contributed by atoms with Crippen molar-refractivity contribution in [3.63, 3.8) is 0 Å². The molecule has 0 radical (unpaired) electrons. The van der Waals surface area contributed by atoms with E-state index >= 15 is 0 Å². The minimum atomic E-state index is -3.19. The lowest BCUT2D eigenvalue weighted by molar-refractivity contribution is 0.0626. The fourth-order valence-electron chi connectivity index (χ4n) is 4.42. The Hall–Kier alpha value is -2.29. The van der Waals surface area contributed by atoms with Crippen LogP contribution >= 0.6 is 11.3 Å². The molecule has 1 aliphatic heterocycles. The number of H-pyrrole nitrogens is 1. The van der Waals surface area contributed by atoms with Gasteiger partial charge in [-0.3, -0.25) is 4.79 Å². The number of nitrogens with zero attached hydrogens (tertiary/aromatic N) is 1. The summed E-state index contributed by atoms with van der Waals surface area (Å²) in [4.78, 5) is 19.9. The number of ether oxygens (including phenoxy) is 1. The van der Waals surface area contributed by atoms with Crippen molar-refractivity contribution in [3.05, 3.63) is 58.7 Å². The summed E-state index contributed by atoms with van der Waals surface area (Å²) in [6.45, 7) is 1.58. The van der Waals surface area contributed by atoms with E-state index in [0.29, 0.717) is 15.7 Å². The van der Waals surface area contributed by atoms with Crippen molar-refractivity contribution in [2.24, 2.45) is 5.92 Å². The molecule has 2 aliphatic rings. The van der Waals surface area contributed by atoms with Crippen LogP contribution in [-0.2, 0) is 14.6 Å². The Morgan fingerprint density at radius 2 is 1.84 bits per heavy atom. The van der Waals surface area contributed by atoms with Gasteiger partial charge < -0.3 is 9.72 Å². The number of aldehydes is 1. The normalized spacial score (nSPS) is 18.5. The minimum Gasteiger partial charge on any atom is -0.381 e. The van der Waals surface area contributed by atoms with Crippen molar-refractivity contribution < 1.29 is 17.9 Å². The van der Waals surface area contributed by atoms with Gasteiger partial charge in [0.05, 0.1) is 20.7 Å². The highest BCUT2D eigenvalue weighted by atomic mass is 32.2. The van der Waals surface area contributed by atoms with Gasteiger partial charge in [-0.05, 0) is 67.9 Å². The van der Waals surface area contributed by atoms with Crippen LogP contribution in [0.5, 0.6) is 0 Å². The van der Waals surface area contributed by atoms with Crippen molar-refractivity contribution >= 4 is 27.5 Å². The smallest absolute Gasteiger partial charge is 0.181 e. The quantitative estimate of drug-likeness (QED) is 0.476. The molecule has 1 atom stereocenters. The number of hydrogen-bond acceptors (Lipinski definition) is 6. The Morgan fingerprint density at radius 3 is 2.50 bits per heavy atom. The monoisotopic (exact) mass is 470 g/mol. The predicted octanol–water partition coefficient (Wildman–Crippen LogP) is 4.84. The first-order chi connectivity index (χ1) is 15.5. The van der Waals surface area contributed by atoms with E-state index in [1.807, 2.05) is 18.2 Å². The molecule has 8 heteroatoms. The van der Waals surface area contributed by atoms with Crippen LogP contribution in [0.15, 0.2) is 47.5 Å². The van der Waals surface area contributed by atoms with Crippen LogP contribution in [0.25, 0.3) is 10.7 Å². The summed E-state index contributed by atoms with van der Waals surface area (Å²) in [5.41, 5.74) is 3.07. The Morgan fingerprint density at radius 1 is 1.09 bits per heavy atom. The van der Waals surface area contributed by atoms with Crippen molar-refractivity contribution in [1.82, 2.24) is 9.97 Å². The summed E-state index contributed by atoms with van der Waals surface area (Å²) < 4.78 is 30.7. The van der Waals surface area contributed by atoms with E-state index in [1.54, 1.807) is 18.3 Å². The van der Waals surface area contributed by atoms with Crippen molar-refractivity contribution in [2.45, 2.75) is 48.2 Å². The Balaban J connectivity index is 1.44. The third-order valence-corrected chi connectivity index (χ3v) is 9.67. The number of benzene rings is 1. The molecule has 5 rings (SSSR count). The highest BCUT2D eigenvalue weighted by Crippen LogP contribution is 2.38. The van der Waals surface area contributed by atoms with Gasteiger partial charge in [-0.15, -0.1) is 11.3 Å². The van der Waals surface area contributed by atoms with Gasteiger partial charge in [-0.25, -0.2) is 13.4 Å². The largest absolute Gasteiger partial charge is 0.381 e. The third-order valence-electron chi connectivity index (χ3n) is 6.44. The molecular weight excluding hydrogens is 444 g/mol. The summed E-state index contributed by atoms with van der Waals surface area (Å²) in [6, 6.07) is 11.5. The van der Waals surface area contributed by atoms with Gasteiger partial charge in [-0.1, -0.05) is 12.1 Å². The van der Waals surface area contributed by atoms with E-state index in [1.165, 1.54) is 11.3 Å². The number of rotatable bonds is 8. The maximum Gasteiger partial charge on any atom is 0.181 e. The lowest BCUT2D eigenvalue weighted by Gasteiger charge is -2.27. The summed E-state index contributed by atoms with van der Waals surface area (Å²) in [7, 11) is -3.19. The number of carbonyl (C=O) groups excluding carboxylic acids is 1. The first kappa shape index (κ1) is 21.6. The number of carbonyl (C=O) groups is 1. The minimum absolute atomic E-state index is 0.120. The number of sulfone groups is 1. The van der Waals surface area contributed by atoms with Crippen LogP contribution in [0.4, 0.5) is 0 Å². The van der Waals surface area contributed by atoms with Crippen LogP contribution in [0.1, 0.15) is 59.0 Å². The standard InChI is InChI=1S/C24H26N2O4S2/c27-15-18-14-25-24(31-18)23-8-7-22(26-23)21(13-16-9-11-30-12-10-16)17-1-3-19(4-2-17)32(28,29)20-5-6-20/h1-4,7-8,14-16,20-21,26H,5-6,9-13H2. The second kappa shape index (κ2) is 8.92. The van der Waals surface area contributed by atoms with Gasteiger partial charge in [0, 0.05) is 31.0 Å². The maximum absolute atomic E-state index is 12.6. The molecule has 3 heterocycles. The molecule has 0 bridgehead atoms. The second-order valence-corrected chi connectivity index (χ2v) is 12.0. The molecule has 0 amide bonds. The zero-order chi connectivity index (χ0) is 22.1. The van der Waals surface area contributed by atoms with Gasteiger partial charge in [0.2, 0.25) is 0 Å². The molecule has 1 saturated carbocycles. The van der Waals surface area contributed by atoms with Gasteiger partial charge in [0.15, 0.2) is 16.1 Å². The van der Waals surface area contributed by atoms with Crippen molar-refractivity contribution in [3.8, 4) is 10.7 Å². The molecule has 168 valence electrons. The molecule has 3 aromatic rings. The molecular formula is C24H26N2O4S2. The average molecular weight is 471 g/mol. The van der Waals surface area contributed by atoms with E-state index in [2.05, 4.69) is 16.0 Å². The Bertz CT molecular complexity index is 1190. The van der Waals surface area contributed by atoms with E-state index in [-0.39, 0.29) is 11.2 Å². The molecule has 2 fully saturated rings. The van der Waals surface area contributed by atoms with E-state index in [0.717, 1.165) is 73.6 Å². The van der Waals surface area contributed by atoms with Crippen LogP contribution in [0.3, 0.4) is 0 Å². The van der Waals surface area contributed by atoms with Crippen molar-refractivity contribution in [2.75, 3.05) is 13.2 Å². The fourth-order valence-corrected chi connectivity index (χ4v) is 6.79. The van der Waals surface area contributed by atoms with Crippen LogP contribution in [-0.4, -0.2) is 43.1 Å². The number of aromatic nitrogens is 2. The van der Waals surface area contributed by atoms with Gasteiger partial charge in [0.25, 0.3) is 0 Å². The zero-order valence-corrected chi connectivity index (χ0v) is 19.3. The first-order valence-corrected chi connectivity index (χ1v) is 13.4. The predicted molar refractivity (Wildman–Crippen MR) is 124 cm³/mol. The molecule has 1 unspecified atom stereocenters. The first-order valence-electron chi connectivity index (χ1n) is 11.1. The van der Waals surface area contributed by atoms with Gasteiger partial charge >= 0.3 is 0 Å². The van der Waals surface area contributed by atoms with E-state index < -0.39 is 9.84 Å². The summed E-state index contributed by atoms with van der Waals surface area (Å²) in [5, 5.41) is 0.584. The highest BCUT2D eigenvalue weighted by Gasteiger charge is 2.37. The molecule has 0 spiro atoms. The molecule has 1 aromatic carbocycles. The number of thiazole rings is 1. The topological polar surface area (TPSA) is 89.1 Å². The van der Waals surface area contributed by atoms with Crippen molar-refractivity contribution in [1.29, 1.82) is 0 Å². The number of nitrogens with one attached hydrogen (secondary N) is 1. The SMILES string of the molecule is O=Cc1cnc(-c2ccc(C(CC3CCOCC3)c3ccc(S(=O)(=O)C4CC4)cc3)[nH]2)s1. The highest BCUT2D eigenvalue weighted by molar-refractivity contribution is 7.92. The Labute approximate surface area is 192 Å². The number of aromatic amines is 1. The van der Waals surface area contributed by atoms with Gasteiger partial charge in [0.1, 0.15) is 5.01 Å². The van der Waals surface area contributed by atoms with E-state index in [4.69, 9.17) is 4.74 Å². The van der Waals surface area contributed by atoms with E-state index in [9.17, 15) is 13.2 Å². The summed E-state index contributed by atoms with van der Waals surface area (Å²) in [6.07, 6.45) is 6.98. The molecule has 6 nitrogen and oxygen atoms in total. The fraction of sp³-hybridized carbons (Fsp3) is 0.417. The molecule has 1 N–H and O–H groups in total. The summed E-state index contributed by atoms with van der Waals surface area (Å²) >= 11 is 1.36. The van der Waals surface area contributed by atoms with Crippen LogP contribution < -0.4 is 0 Å². The lowest BCUT2D eigenvalue weighted by atomic mass is 9.83.